The number of fused-ring (bicyclic) bond motifs is 2. The fourth-order valence-corrected chi connectivity index (χ4v) is 3.68. The second-order valence-corrected chi connectivity index (χ2v) is 7.13. The molecule has 0 unspecified atom stereocenters. The molecular weight excluding hydrogens is 300 g/mol. The smallest absolute Gasteiger partial charge is 0.249 e. The topological polar surface area (TPSA) is 41.6 Å². The number of rotatable bonds is 5. The Morgan fingerprint density at radius 3 is 2.88 bits per heavy atom. The predicted molar refractivity (Wildman–Crippen MR) is 96.9 cm³/mol. The molecule has 4 nitrogen and oxygen atoms in total. The van der Waals surface area contributed by atoms with Gasteiger partial charge >= 0.3 is 0 Å². The molecule has 1 aromatic rings. The molecule has 24 heavy (non-hydrogen) atoms. The van der Waals surface area contributed by atoms with Crippen molar-refractivity contribution in [3.63, 3.8) is 0 Å². The van der Waals surface area contributed by atoms with E-state index in [1.54, 1.807) is 7.11 Å². The molecule has 0 atom stereocenters. The third-order valence-corrected chi connectivity index (χ3v) is 4.97. The van der Waals surface area contributed by atoms with E-state index >= 15 is 0 Å². The number of carbonyl (C=O) groups is 1. The van der Waals surface area contributed by atoms with Gasteiger partial charge in [0.25, 0.3) is 0 Å². The monoisotopic (exact) mass is 328 g/mol. The minimum Gasteiger partial charge on any atom is -0.497 e. The quantitative estimate of drug-likeness (QED) is 0.902. The maximum absolute atomic E-state index is 12.5. The Morgan fingerprint density at radius 2 is 2.12 bits per heavy atom. The first kappa shape index (κ1) is 16.9. The van der Waals surface area contributed by atoms with Crippen molar-refractivity contribution >= 4 is 11.6 Å². The van der Waals surface area contributed by atoms with E-state index in [1.165, 1.54) is 17.5 Å². The molecule has 130 valence electrons. The number of carbonyl (C=O) groups excluding carboxylic acids is 1. The normalized spacial score (nSPS) is 17.3. The summed E-state index contributed by atoms with van der Waals surface area (Å²) in [5.41, 5.74) is 4.57. The van der Waals surface area contributed by atoms with Crippen LogP contribution in [0.25, 0.3) is 5.70 Å². The average molecular weight is 328 g/mol. The van der Waals surface area contributed by atoms with Crippen LogP contribution in [0.4, 0.5) is 0 Å². The van der Waals surface area contributed by atoms with Gasteiger partial charge in [0, 0.05) is 30.8 Å². The maximum Gasteiger partial charge on any atom is 0.249 e. The SMILES string of the molecule is COc1ccc2c(c1)C1=C(CC2)C(=O)NCCN1CCCC(C)C. The van der Waals surface area contributed by atoms with Crippen LogP contribution in [0.3, 0.4) is 0 Å². The molecule has 1 amide bonds. The van der Waals surface area contributed by atoms with Gasteiger partial charge in [0.05, 0.1) is 12.8 Å². The molecule has 0 radical (unpaired) electrons. The molecule has 1 aliphatic carbocycles. The summed E-state index contributed by atoms with van der Waals surface area (Å²) in [6.45, 7) is 7.12. The van der Waals surface area contributed by atoms with Crippen molar-refractivity contribution in [2.45, 2.75) is 39.5 Å². The van der Waals surface area contributed by atoms with Crippen LogP contribution in [-0.2, 0) is 11.2 Å². The number of aryl methyl sites for hydroxylation is 1. The van der Waals surface area contributed by atoms with Crippen molar-refractivity contribution in [2.24, 2.45) is 5.92 Å². The van der Waals surface area contributed by atoms with E-state index in [4.69, 9.17) is 4.74 Å². The van der Waals surface area contributed by atoms with Gasteiger partial charge in [0.1, 0.15) is 5.75 Å². The standard InChI is InChI=1S/C20H28N2O2/c1-14(2)5-4-11-22-12-10-21-20(23)17-9-7-15-6-8-16(24-3)13-18(15)19(17)22/h6,8,13-14H,4-5,7,9-12H2,1-3H3,(H,21,23). The lowest BCUT2D eigenvalue weighted by molar-refractivity contribution is -0.117. The molecule has 1 aromatic carbocycles. The number of amides is 1. The van der Waals surface area contributed by atoms with Gasteiger partial charge in [-0.1, -0.05) is 19.9 Å². The highest BCUT2D eigenvalue weighted by atomic mass is 16.5. The van der Waals surface area contributed by atoms with Crippen molar-refractivity contribution in [3.05, 3.63) is 34.9 Å². The molecule has 0 spiro atoms. The highest BCUT2D eigenvalue weighted by Gasteiger charge is 2.29. The van der Waals surface area contributed by atoms with Crippen LogP contribution in [0.15, 0.2) is 23.8 Å². The number of ether oxygens (including phenoxy) is 1. The van der Waals surface area contributed by atoms with Crippen LogP contribution < -0.4 is 10.1 Å². The molecule has 0 saturated heterocycles. The number of methoxy groups -OCH3 is 1. The summed E-state index contributed by atoms with van der Waals surface area (Å²) >= 11 is 0. The summed E-state index contributed by atoms with van der Waals surface area (Å²) in [6, 6.07) is 6.26. The summed E-state index contributed by atoms with van der Waals surface area (Å²) in [5, 5.41) is 3.06. The van der Waals surface area contributed by atoms with Gasteiger partial charge in [0.15, 0.2) is 0 Å². The highest BCUT2D eigenvalue weighted by Crippen LogP contribution is 2.37. The van der Waals surface area contributed by atoms with Gasteiger partial charge in [-0.25, -0.2) is 0 Å². The number of nitrogens with zero attached hydrogens (tertiary/aromatic N) is 1. The lowest BCUT2D eigenvalue weighted by atomic mass is 9.88. The lowest BCUT2D eigenvalue weighted by Gasteiger charge is -2.31. The molecule has 1 heterocycles. The first-order valence-corrected chi connectivity index (χ1v) is 9.03. The van der Waals surface area contributed by atoms with E-state index in [1.807, 2.05) is 6.07 Å². The van der Waals surface area contributed by atoms with Gasteiger partial charge in [-0.3, -0.25) is 4.79 Å². The molecule has 2 aliphatic rings. The van der Waals surface area contributed by atoms with Crippen molar-refractivity contribution in [2.75, 3.05) is 26.7 Å². The Kier molecular flexibility index (Phi) is 5.12. The van der Waals surface area contributed by atoms with E-state index in [0.717, 1.165) is 49.4 Å². The molecule has 0 aromatic heterocycles. The van der Waals surface area contributed by atoms with Crippen molar-refractivity contribution in [1.29, 1.82) is 0 Å². The van der Waals surface area contributed by atoms with E-state index in [0.29, 0.717) is 12.5 Å². The lowest BCUT2D eigenvalue weighted by Crippen LogP contribution is -2.30. The number of hydrogen-bond donors (Lipinski definition) is 1. The van der Waals surface area contributed by atoms with Gasteiger partial charge in [0.2, 0.25) is 5.91 Å². The van der Waals surface area contributed by atoms with Gasteiger partial charge in [-0.05, 0) is 49.3 Å². The molecule has 0 bridgehead atoms. The predicted octanol–water partition coefficient (Wildman–Crippen LogP) is 3.22. The van der Waals surface area contributed by atoms with Crippen LogP contribution in [0.2, 0.25) is 0 Å². The first-order chi connectivity index (χ1) is 11.6. The van der Waals surface area contributed by atoms with Crippen molar-refractivity contribution in [3.8, 4) is 5.75 Å². The summed E-state index contributed by atoms with van der Waals surface area (Å²) in [6.07, 6.45) is 4.11. The third-order valence-electron chi connectivity index (χ3n) is 4.97. The van der Waals surface area contributed by atoms with E-state index in [2.05, 4.69) is 36.2 Å². The summed E-state index contributed by atoms with van der Waals surface area (Å²) in [4.78, 5) is 14.9. The zero-order valence-electron chi connectivity index (χ0n) is 15.0. The van der Waals surface area contributed by atoms with E-state index in [-0.39, 0.29) is 5.91 Å². The molecule has 1 aliphatic heterocycles. The van der Waals surface area contributed by atoms with Crippen molar-refractivity contribution < 1.29 is 9.53 Å². The second kappa shape index (κ2) is 7.29. The third kappa shape index (κ3) is 3.42. The molecule has 0 fully saturated rings. The number of benzene rings is 1. The minimum atomic E-state index is 0.102. The van der Waals surface area contributed by atoms with Crippen molar-refractivity contribution in [1.82, 2.24) is 10.2 Å². The molecule has 3 rings (SSSR count). The Morgan fingerprint density at radius 1 is 1.29 bits per heavy atom. The Hall–Kier alpha value is -1.97. The van der Waals surface area contributed by atoms with Crippen LogP contribution in [0.1, 0.15) is 44.2 Å². The van der Waals surface area contributed by atoms with Crippen LogP contribution in [0.5, 0.6) is 5.75 Å². The van der Waals surface area contributed by atoms with Crippen LogP contribution in [0, 0.1) is 5.92 Å². The van der Waals surface area contributed by atoms with Crippen LogP contribution >= 0.6 is 0 Å². The summed E-state index contributed by atoms with van der Waals surface area (Å²) in [7, 11) is 1.69. The van der Waals surface area contributed by atoms with E-state index < -0.39 is 0 Å². The molecule has 4 heteroatoms. The molecule has 0 saturated carbocycles. The van der Waals surface area contributed by atoms with Gasteiger partial charge in [-0.15, -0.1) is 0 Å². The molecule has 1 N–H and O–H groups in total. The summed E-state index contributed by atoms with van der Waals surface area (Å²) in [5.74, 6) is 1.67. The van der Waals surface area contributed by atoms with Gasteiger partial charge in [-0.2, -0.15) is 0 Å². The molecular formula is C20H28N2O2. The maximum atomic E-state index is 12.5. The fraction of sp³-hybridized carbons (Fsp3) is 0.550. The Labute approximate surface area is 144 Å². The zero-order chi connectivity index (χ0) is 17.1. The first-order valence-electron chi connectivity index (χ1n) is 9.03. The summed E-state index contributed by atoms with van der Waals surface area (Å²) < 4.78 is 5.42. The van der Waals surface area contributed by atoms with E-state index in [9.17, 15) is 4.79 Å². The highest BCUT2D eigenvalue weighted by molar-refractivity contribution is 6.02. The van der Waals surface area contributed by atoms with Crippen LogP contribution in [-0.4, -0.2) is 37.6 Å². The number of nitrogens with one attached hydrogen (secondary N) is 1. The zero-order valence-corrected chi connectivity index (χ0v) is 15.0. The van der Waals surface area contributed by atoms with Gasteiger partial charge < -0.3 is 15.0 Å². The largest absolute Gasteiger partial charge is 0.497 e. The fourth-order valence-electron chi connectivity index (χ4n) is 3.68. The number of hydrogen-bond acceptors (Lipinski definition) is 3. The second-order valence-electron chi connectivity index (χ2n) is 7.13. The Balaban J connectivity index is 1.97. The average Bonchev–Trinajstić information content (AvgIpc) is 2.73. The Bertz CT molecular complexity index is 649. The minimum absolute atomic E-state index is 0.102.